The first kappa shape index (κ1) is 13.2. The maximum Gasteiger partial charge on any atom is 0.218 e. The zero-order chi connectivity index (χ0) is 13.1. The van der Waals surface area contributed by atoms with Gasteiger partial charge in [0.2, 0.25) is 5.88 Å². The molecule has 1 aliphatic heterocycles. The highest BCUT2D eigenvalue weighted by Crippen LogP contribution is 2.29. The molecule has 3 nitrogen and oxygen atoms in total. The van der Waals surface area contributed by atoms with Gasteiger partial charge in [-0.15, -0.1) is 0 Å². The second kappa shape index (κ2) is 5.59. The molecule has 0 N–H and O–H groups in total. The van der Waals surface area contributed by atoms with Gasteiger partial charge in [0.05, 0.1) is 7.11 Å². The van der Waals surface area contributed by atoms with Crippen molar-refractivity contribution in [2.24, 2.45) is 5.92 Å². The van der Waals surface area contributed by atoms with E-state index in [0.29, 0.717) is 5.92 Å². The average Bonchev–Trinajstić information content (AvgIpc) is 2.38. The predicted octanol–water partition coefficient (Wildman–Crippen LogP) is 3.45. The Kier molecular flexibility index (Phi) is 4.10. The summed E-state index contributed by atoms with van der Waals surface area (Å²) in [5.41, 5.74) is 1.19. The Morgan fingerprint density at radius 2 is 1.94 bits per heavy atom. The molecule has 0 spiro atoms. The van der Waals surface area contributed by atoms with Crippen LogP contribution in [0.25, 0.3) is 0 Å². The van der Waals surface area contributed by atoms with Crippen molar-refractivity contribution in [3.8, 4) is 5.88 Å². The molecule has 3 heteroatoms. The molecule has 0 bridgehead atoms. The summed E-state index contributed by atoms with van der Waals surface area (Å²) in [5, 5.41) is 0. The van der Waals surface area contributed by atoms with Gasteiger partial charge in [-0.25, -0.2) is 0 Å². The fourth-order valence-corrected chi connectivity index (χ4v) is 2.46. The van der Waals surface area contributed by atoms with E-state index in [4.69, 9.17) is 4.74 Å². The Morgan fingerprint density at radius 1 is 1.28 bits per heavy atom. The van der Waals surface area contributed by atoms with Crippen molar-refractivity contribution >= 4 is 5.82 Å². The molecule has 0 radical (unpaired) electrons. The van der Waals surface area contributed by atoms with E-state index < -0.39 is 0 Å². The van der Waals surface area contributed by atoms with Gasteiger partial charge in [0.25, 0.3) is 0 Å². The summed E-state index contributed by atoms with van der Waals surface area (Å²) < 4.78 is 5.42. The number of nitrogens with zero attached hydrogens (tertiary/aromatic N) is 2. The summed E-state index contributed by atoms with van der Waals surface area (Å²) in [6.45, 7) is 8.88. The van der Waals surface area contributed by atoms with E-state index in [0.717, 1.165) is 30.7 Å². The lowest BCUT2D eigenvalue weighted by atomic mass is 9.99. The molecule has 0 aromatic carbocycles. The maximum atomic E-state index is 5.42. The Labute approximate surface area is 110 Å². The van der Waals surface area contributed by atoms with Crippen LogP contribution >= 0.6 is 0 Å². The topological polar surface area (TPSA) is 25.4 Å². The molecular formula is C15H24N2O. The largest absolute Gasteiger partial charge is 0.481 e. The third kappa shape index (κ3) is 2.77. The highest BCUT2D eigenvalue weighted by atomic mass is 16.5. The number of hydrogen-bond donors (Lipinski definition) is 0. The number of ether oxygens (including phenoxy) is 1. The monoisotopic (exact) mass is 248 g/mol. The quantitative estimate of drug-likeness (QED) is 0.819. The number of pyridine rings is 1. The molecule has 1 fully saturated rings. The van der Waals surface area contributed by atoms with Gasteiger partial charge in [-0.2, -0.15) is 4.98 Å². The lowest BCUT2D eigenvalue weighted by Gasteiger charge is -2.31. The minimum Gasteiger partial charge on any atom is -0.481 e. The Bertz CT molecular complexity index is 395. The number of hydrogen-bond acceptors (Lipinski definition) is 3. The molecule has 0 saturated carbocycles. The van der Waals surface area contributed by atoms with Gasteiger partial charge < -0.3 is 9.64 Å². The highest BCUT2D eigenvalue weighted by Gasteiger charge is 2.18. The van der Waals surface area contributed by atoms with E-state index in [1.807, 2.05) is 0 Å². The van der Waals surface area contributed by atoms with Crippen LogP contribution in [0.3, 0.4) is 0 Å². The highest BCUT2D eigenvalue weighted by molar-refractivity contribution is 5.45. The van der Waals surface area contributed by atoms with Crippen LogP contribution in [0.15, 0.2) is 12.1 Å². The average molecular weight is 248 g/mol. The molecule has 2 rings (SSSR count). The van der Waals surface area contributed by atoms with Crippen molar-refractivity contribution in [1.29, 1.82) is 0 Å². The first-order chi connectivity index (χ1) is 8.61. The van der Waals surface area contributed by atoms with Crippen molar-refractivity contribution in [2.75, 3.05) is 25.1 Å². The van der Waals surface area contributed by atoms with Crippen LogP contribution in [0, 0.1) is 5.92 Å². The van der Waals surface area contributed by atoms with E-state index in [-0.39, 0.29) is 0 Å². The van der Waals surface area contributed by atoms with E-state index in [1.165, 1.54) is 18.4 Å². The van der Waals surface area contributed by atoms with Crippen LogP contribution in [0.2, 0.25) is 0 Å². The summed E-state index contributed by atoms with van der Waals surface area (Å²) >= 11 is 0. The SMILES string of the molecule is COc1nc(N2CCC(C)CC2)ccc1C(C)C. The molecule has 0 unspecified atom stereocenters. The van der Waals surface area contributed by atoms with Gasteiger partial charge in [0, 0.05) is 18.7 Å². The fourth-order valence-electron chi connectivity index (χ4n) is 2.46. The van der Waals surface area contributed by atoms with Crippen LogP contribution in [-0.2, 0) is 0 Å². The molecule has 1 aromatic rings. The standard InChI is InChI=1S/C15H24N2O/c1-11(2)13-5-6-14(16-15(13)18-4)17-9-7-12(3)8-10-17/h5-6,11-12H,7-10H2,1-4H3. The maximum absolute atomic E-state index is 5.42. The summed E-state index contributed by atoms with van der Waals surface area (Å²) in [4.78, 5) is 7.03. The third-order valence-corrected chi connectivity index (χ3v) is 3.80. The van der Waals surface area contributed by atoms with E-state index in [1.54, 1.807) is 7.11 Å². The third-order valence-electron chi connectivity index (χ3n) is 3.80. The predicted molar refractivity (Wildman–Crippen MR) is 75.5 cm³/mol. The Hall–Kier alpha value is -1.25. The van der Waals surface area contributed by atoms with E-state index in [9.17, 15) is 0 Å². The lowest BCUT2D eigenvalue weighted by molar-refractivity contribution is 0.388. The first-order valence-corrected chi connectivity index (χ1v) is 6.91. The Morgan fingerprint density at radius 3 is 2.50 bits per heavy atom. The molecule has 2 heterocycles. The number of anilines is 1. The molecule has 100 valence electrons. The van der Waals surface area contributed by atoms with Crippen LogP contribution in [-0.4, -0.2) is 25.2 Å². The van der Waals surface area contributed by atoms with E-state index >= 15 is 0 Å². The second-order valence-corrected chi connectivity index (χ2v) is 5.59. The van der Waals surface area contributed by atoms with Gasteiger partial charge in [-0.05, 0) is 36.8 Å². The summed E-state index contributed by atoms with van der Waals surface area (Å²) in [5.74, 6) is 3.13. The summed E-state index contributed by atoms with van der Waals surface area (Å²) in [7, 11) is 1.70. The van der Waals surface area contributed by atoms with Crippen LogP contribution < -0.4 is 9.64 Å². The van der Waals surface area contributed by atoms with Gasteiger partial charge in [-0.3, -0.25) is 0 Å². The zero-order valence-corrected chi connectivity index (χ0v) is 11.9. The Balaban J connectivity index is 2.19. The minimum absolute atomic E-state index is 0.447. The smallest absolute Gasteiger partial charge is 0.218 e. The first-order valence-electron chi connectivity index (χ1n) is 6.91. The van der Waals surface area contributed by atoms with Crippen molar-refractivity contribution in [1.82, 2.24) is 4.98 Å². The van der Waals surface area contributed by atoms with Gasteiger partial charge in [-0.1, -0.05) is 20.8 Å². The fraction of sp³-hybridized carbons (Fsp3) is 0.667. The van der Waals surface area contributed by atoms with E-state index in [2.05, 4.69) is 42.8 Å². The number of piperidine rings is 1. The van der Waals surface area contributed by atoms with Crippen molar-refractivity contribution < 1.29 is 4.74 Å². The normalized spacial score (nSPS) is 17.3. The number of rotatable bonds is 3. The van der Waals surface area contributed by atoms with Gasteiger partial charge in [0.1, 0.15) is 5.82 Å². The molecule has 0 atom stereocenters. The van der Waals surface area contributed by atoms with Crippen LogP contribution in [0.5, 0.6) is 5.88 Å². The summed E-state index contributed by atoms with van der Waals surface area (Å²) in [6, 6.07) is 4.29. The lowest BCUT2D eigenvalue weighted by Crippen LogP contribution is -2.33. The molecule has 1 saturated heterocycles. The van der Waals surface area contributed by atoms with Crippen molar-refractivity contribution in [3.63, 3.8) is 0 Å². The van der Waals surface area contributed by atoms with Crippen molar-refractivity contribution in [2.45, 2.75) is 39.5 Å². The molecule has 0 aliphatic carbocycles. The summed E-state index contributed by atoms with van der Waals surface area (Å²) in [6.07, 6.45) is 2.52. The molecule has 1 aliphatic rings. The van der Waals surface area contributed by atoms with Crippen molar-refractivity contribution in [3.05, 3.63) is 17.7 Å². The second-order valence-electron chi connectivity index (χ2n) is 5.59. The molecule has 18 heavy (non-hydrogen) atoms. The van der Waals surface area contributed by atoms with Crippen LogP contribution in [0.1, 0.15) is 45.1 Å². The van der Waals surface area contributed by atoms with Gasteiger partial charge >= 0.3 is 0 Å². The van der Waals surface area contributed by atoms with Crippen LogP contribution in [0.4, 0.5) is 5.82 Å². The molecule has 0 amide bonds. The zero-order valence-electron chi connectivity index (χ0n) is 11.9. The molecule has 1 aromatic heterocycles. The number of methoxy groups -OCH3 is 1. The van der Waals surface area contributed by atoms with Gasteiger partial charge in [0.15, 0.2) is 0 Å². The minimum atomic E-state index is 0.447. The molecular weight excluding hydrogens is 224 g/mol. The number of aromatic nitrogens is 1.